The average molecular weight is 447 g/mol. The van der Waals surface area contributed by atoms with Crippen molar-refractivity contribution in [1.29, 1.82) is 0 Å². The number of hydrogen-bond donors (Lipinski definition) is 3. The number of amides is 3. The van der Waals surface area contributed by atoms with Gasteiger partial charge in [0.1, 0.15) is 0 Å². The Bertz CT molecular complexity index is 827. The highest BCUT2D eigenvalue weighted by Crippen LogP contribution is 2.27. The van der Waals surface area contributed by atoms with Crippen LogP contribution in [0, 0.1) is 11.8 Å². The molecular weight excluding hydrogens is 420 g/mol. The van der Waals surface area contributed by atoms with Gasteiger partial charge in [-0.15, -0.1) is 0 Å². The number of urea groups is 1. The molecule has 1 unspecified atom stereocenters. The number of carbonyl (C=O) groups excluding carboxylic acids is 2. The van der Waals surface area contributed by atoms with Gasteiger partial charge in [0.25, 0.3) is 5.91 Å². The number of rotatable bonds is 4. The van der Waals surface area contributed by atoms with E-state index < -0.39 is 0 Å². The van der Waals surface area contributed by atoms with Crippen molar-refractivity contribution < 1.29 is 9.59 Å². The third kappa shape index (κ3) is 4.95. The van der Waals surface area contributed by atoms with Gasteiger partial charge in [-0.25, -0.2) is 4.79 Å². The van der Waals surface area contributed by atoms with Gasteiger partial charge in [-0.3, -0.25) is 4.79 Å². The van der Waals surface area contributed by atoms with E-state index in [-0.39, 0.29) is 18.0 Å². The molecule has 1 fully saturated rings. The summed E-state index contributed by atoms with van der Waals surface area (Å²) in [5.41, 5.74) is 1.92. The average Bonchev–Trinajstić information content (AvgIpc) is 3.16. The number of nitrogens with one attached hydrogen (secondary N) is 3. The Labute approximate surface area is 174 Å². The molecule has 3 atom stereocenters. The Morgan fingerprint density at radius 3 is 2.57 bits per heavy atom. The minimum Gasteiger partial charge on any atom is -0.363 e. The molecule has 7 heteroatoms. The van der Waals surface area contributed by atoms with E-state index in [1.165, 1.54) is 0 Å². The molecule has 1 aliphatic rings. The van der Waals surface area contributed by atoms with E-state index in [4.69, 9.17) is 0 Å². The van der Waals surface area contributed by atoms with Crippen molar-refractivity contribution in [3.63, 3.8) is 0 Å². The maximum Gasteiger partial charge on any atom is 0.319 e. The van der Waals surface area contributed by atoms with E-state index in [0.29, 0.717) is 23.1 Å². The number of aromatic amines is 1. The van der Waals surface area contributed by atoms with Gasteiger partial charge in [0.2, 0.25) is 0 Å². The van der Waals surface area contributed by atoms with Gasteiger partial charge in [0, 0.05) is 29.5 Å². The van der Waals surface area contributed by atoms with Crippen LogP contribution < -0.4 is 10.6 Å². The van der Waals surface area contributed by atoms with Crippen LogP contribution in [-0.2, 0) is 0 Å². The lowest BCUT2D eigenvalue weighted by Crippen LogP contribution is -2.43. The van der Waals surface area contributed by atoms with E-state index in [0.717, 1.165) is 29.7 Å². The molecule has 28 heavy (non-hydrogen) atoms. The van der Waals surface area contributed by atoms with Crippen LogP contribution in [0.1, 0.15) is 49.3 Å². The topological polar surface area (TPSA) is 77.2 Å². The standard InChI is InChI=1S/C21H27BrN4O2/c1-13-9-14(2)12-26(11-13)20(27)17-10-16(22)6-7-19(17)25-21(28)24-15(3)18-5-4-8-23-18/h4-8,10,13-15,23H,9,11-12H2,1-3H3,(H2,24,25,28)/t13-,14+,15?. The number of nitrogens with zero attached hydrogens (tertiary/aromatic N) is 1. The third-order valence-corrected chi connectivity index (χ3v) is 5.55. The Hall–Kier alpha value is -2.28. The number of benzene rings is 1. The molecule has 0 bridgehead atoms. The highest BCUT2D eigenvalue weighted by molar-refractivity contribution is 9.10. The molecule has 0 saturated carbocycles. The Balaban J connectivity index is 1.75. The lowest BCUT2D eigenvalue weighted by molar-refractivity contribution is 0.0624. The van der Waals surface area contributed by atoms with Crippen LogP contribution in [0.25, 0.3) is 0 Å². The van der Waals surface area contributed by atoms with Crippen LogP contribution in [0.2, 0.25) is 0 Å². The monoisotopic (exact) mass is 446 g/mol. The molecule has 6 nitrogen and oxygen atoms in total. The van der Waals surface area contributed by atoms with Gasteiger partial charge in [0.15, 0.2) is 0 Å². The van der Waals surface area contributed by atoms with Crippen molar-refractivity contribution in [3.05, 3.63) is 52.3 Å². The molecule has 0 spiro atoms. The minimum atomic E-state index is -0.348. The summed E-state index contributed by atoms with van der Waals surface area (Å²) < 4.78 is 0.805. The molecule has 3 amide bonds. The second-order valence-corrected chi connectivity index (χ2v) is 8.71. The number of anilines is 1. The fraction of sp³-hybridized carbons (Fsp3) is 0.429. The van der Waals surface area contributed by atoms with Crippen molar-refractivity contribution in [2.75, 3.05) is 18.4 Å². The van der Waals surface area contributed by atoms with Gasteiger partial charge in [-0.05, 0) is 55.5 Å². The van der Waals surface area contributed by atoms with E-state index >= 15 is 0 Å². The fourth-order valence-corrected chi connectivity index (χ4v) is 4.21. The first kappa shape index (κ1) is 20.5. The first-order valence-electron chi connectivity index (χ1n) is 9.63. The fourth-order valence-electron chi connectivity index (χ4n) is 3.85. The highest BCUT2D eigenvalue weighted by atomic mass is 79.9. The molecule has 3 N–H and O–H groups in total. The number of carbonyl (C=O) groups is 2. The number of piperidine rings is 1. The number of aromatic nitrogens is 1. The molecule has 2 aromatic rings. The summed E-state index contributed by atoms with van der Waals surface area (Å²) >= 11 is 3.44. The normalized spacial score (nSPS) is 20.5. The van der Waals surface area contributed by atoms with Gasteiger partial charge >= 0.3 is 6.03 Å². The summed E-state index contributed by atoms with van der Waals surface area (Å²) in [6.07, 6.45) is 2.95. The second-order valence-electron chi connectivity index (χ2n) is 7.79. The molecule has 1 saturated heterocycles. The zero-order valence-corrected chi connectivity index (χ0v) is 18.0. The number of hydrogen-bond acceptors (Lipinski definition) is 2. The van der Waals surface area contributed by atoms with Crippen LogP contribution in [-0.4, -0.2) is 34.9 Å². The van der Waals surface area contributed by atoms with Gasteiger partial charge in [-0.1, -0.05) is 29.8 Å². The molecule has 1 aromatic heterocycles. The number of halogens is 1. The van der Waals surface area contributed by atoms with Crippen molar-refractivity contribution in [1.82, 2.24) is 15.2 Å². The summed E-state index contributed by atoms with van der Waals surface area (Å²) in [7, 11) is 0. The second kappa shape index (κ2) is 8.82. The van der Waals surface area contributed by atoms with Crippen LogP contribution in [0.3, 0.4) is 0 Å². The lowest BCUT2D eigenvalue weighted by atomic mass is 9.91. The Morgan fingerprint density at radius 1 is 1.21 bits per heavy atom. The summed E-state index contributed by atoms with van der Waals surface area (Å²) in [6, 6.07) is 8.63. The van der Waals surface area contributed by atoms with E-state index in [2.05, 4.69) is 45.4 Å². The molecule has 0 radical (unpaired) electrons. The van der Waals surface area contributed by atoms with Gasteiger partial charge in [-0.2, -0.15) is 0 Å². The molecule has 1 aromatic carbocycles. The third-order valence-electron chi connectivity index (χ3n) is 5.05. The number of H-pyrrole nitrogens is 1. The van der Waals surface area contributed by atoms with Gasteiger partial charge < -0.3 is 20.5 Å². The van der Waals surface area contributed by atoms with Crippen LogP contribution in [0.4, 0.5) is 10.5 Å². The molecule has 2 heterocycles. The van der Waals surface area contributed by atoms with Crippen molar-refractivity contribution in [3.8, 4) is 0 Å². The predicted molar refractivity (Wildman–Crippen MR) is 114 cm³/mol. The molecule has 0 aliphatic carbocycles. The highest BCUT2D eigenvalue weighted by Gasteiger charge is 2.28. The zero-order chi connectivity index (χ0) is 20.3. The minimum absolute atomic E-state index is 0.0487. The zero-order valence-electron chi connectivity index (χ0n) is 16.5. The molecule has 150 valence electrons. The largest absolute Gasteiger partial charge is 0.363 e. The van der Waals surface area contributed by atoms with Crippen molar-refractivity contribution >= 4 is 33.6 Å². The van der Waals surface area contributed by atoms with Crippen molar-refractivity contribution in [2.24, 2.45) is 11.8 Å². The quantitative estimate of drug-likeness (QED) is 0.631. The van der Waals surface area contributed by atoms with E-state index in [1.807, 2.05) is 36.2 Å². The molecular formula is C21H27BrN4O2. The Morgan fingerprint density at radius 2 is 1.93 bits per heavy atom. The SMILES string of the molecule is CC(NC(=O)Nc1ccc(Br)cc1C(=O)N1C[C@H](C)C[C@H](C)C1)c1ccc[nH]1. The summed E-state index contributed by atoms with van der Waals surface area (Å²) in [5, 5.41) is 5.73. The first-order valence-corrected chi connectivity index (χ1v) is 10.4. The predicted octanol–water partition coefficient (Wildman–Crippen LogP) is 4.78. The van der Waals surface area contributed by atoms with Crippen molar-refractivity contribution in [2.45, 2.75) is 33.2 Å². The summed E-state index contributed by atoms with van der Waals surface area (Å²) in [4.78, 5) is 30.6. The van der Waals surface area contributed by atoms with Crippen LogP contribution >= 0.6 is 15.9 Å². The van der Waals surface area contributed by atoms with Crippen LogP contribution in [0.15, 0.2) is 41.0 Å². The first-order chi connectivity index (χ1) is 13.3. The number of likely N-dealkylation sites (tertiary alicyclic amines) is 1. The lowest BCUT2D eigenvalue weighted by Gasteiger charge is -2.35. The maximum atomic E-state index is 13.2. The molecule has 3 rings (SSSR count). The van der Waals surface area contributed by atoms with E-state index in [1.54, 1.807) is 12.1 Å². The Kier molecular flexibility index (Phi) is 6.44. The van der Waals surface area contributed by atoms with Crippen LogP contribution in [0.5, 0.6) is 0 Å². The smallest absolute Gasteiger partial charge is 0.319 e. The summed E-state index contributed by atoms with van der Waals surface area (Å²) in [6.45, 7) is 7.73. The summed E-state index contributed by atoms with van der Waals surface area (Å²) in [5.74, 6) is 0.898. The molecule has 1 aliphatic heterocycles. The maximum absolute atomic E-state index is 13.2. The van der Waals surface area contributed by atoms with Gasteiger partial charge in [0.05, 0.1) is 17.3 Å². The van der Waals surface area contributed by atoms with E-state index in [9.17, 15) is 9.59 Å².